The summed E-state index contributed by atoms with van der Waals surface area (Å²) in [6.07, 6.45) is 22.6. The molecule has 9 N–H and O–H groups in total. The molecule has 2 unspecified atom stereocenters. The third kappa shape index (κ3) is 25.8. The van der Waals surface area contributed by atoms with E-state index >= 15 is 0 Å². The standard InChI is InChI=1S/C93H120N8O12/c1-16-60-40-42-80(104)110-46-21-17-19-23-48-112-88(108)59(3)50-79(103)99-75-37-29-39-77-85(75)83(73-44-45-97-73)72(96)35-27-32-61(63-53-66(92(10,11)12)56-67(54-63)93(13,14)15)31-26-34-71(95)82(70(94)33-25-30-58(2)62-51-64(90(4,5)6)55-65(52-62)91(7,8)9)84-74(36-28-38-76(84)100-86(60)106)98-78(102)41-43-81(105)111-47-22-18-20-24-49-113-89(109)69-57-68(69)87(107)101-77/h25-31,33-39,44-45,51-56,59-60,68-69,94H,16-24,32,40-43,46-50,57,95-96H2,1-15H3,(H,98,102)(H,99,103)(H,100,106)(H,101,107)/b33-25-,34-26-,35-27-,58-30-,61-31-,82-71+,83-72+,94-70?/t59-,60?,68?,69-/m1/s1. The van der Waals surface area contributed by atoms with Crippen LogP contribution in [0.2, 0.25) is 0 Å². The fourth-order valence-electron chi connectivity index (χ4n) is 13.3. The zero-order chi connectivity index (χ0) is 82.5. The van der Waals surface area contributed by atoms with E-state index in [1.807, 2.05) is 32.1 Å². The van der Waals surface area contributed by atoms with Crippen molar-refractivity contribution in [3.8, 4) is 0 Å². The first-order chi connectivity index (χ1) is 53.4. The van der Waals surface area contributed by atoms with Crippen LogP contribution in [0.1, 0.15) is 251 Å². The predicted octanol–water partition coefficient (Wildman–Crippen LogP) is 18.5. The fourth-order valence-corrected chi connectivity index (χ4v) is 13.3. The van der Waals surface area contributed by atoms with Crippen LogP contribution in [0.5, 0.6) is 0 Å². The van der Waals surface area contributed by atoms with Crippen molar-refractivity contribution in [2.75, 3.05) is 47.7 Å². The topological polar surface area (TPSA) is 310 Å². The van der Waals surface area contributed by atoms with Gasteiger partial charge in [-0.25, -0.2) is 0 Å². The first kappa shape index (κ1) is 88.1. The maximum absolute atomic E-state index is 14.9. The van der Waals surface area contributed by atoms with Crippen LogP contribution in [0.3, 0.4) is 0 Å². The molecule has 0 saturated heterocycles. The molecule has 0 radical (unpaired) electrons. The molecule has 4 aromatic carbocycles. The van der Waals surface area contributed by atoms with E-state index in [2.05, 4.69) is 146 Å². The molecular weight excluding hydrogens is 1420 g/mol. The Bertz CT molecular complexity index is 4450. The van der Waals surface area contributed by atoms with Gasteiger partial charge in [0.2, 0.25) is 23.6 Å². The van der Waals surface area contributed by atoms with E-state index in [1.54, 1.807) is 86.0 Å². The van der Waals surface area contributed by atoms with Gasteiger partial charge in [0.1, 0.15) is 0 Å². The van der Waals surface area contributed by atoms with E-state index in [1.165, 1.54) is 11.1 Å². The monoisotopic (exact) mass is 1540 g/mol. The molecule has 2 bridgehead atoms. The van der Waals surface area contributed by atoms with Gasteiger partial charge < -0.3 is 57.1 Å². The maximum atomic E-state index is 14.9. The Labute approximate surface area is 668 Å². The highest BCUT2D eigenvalue weighted by atomic mass is 16.5. The quantitative estimate of drug-likeness (QED) is 0.0392. The molecule has 4 amide bonds. The van der Waals surface area contributed by atoms with Gasteiger partial charge in [-0.05, 0) is 199 Å². The Morgan fingerprint density at radius 1 is 0.566 bits per heavy atom. The summed E-state index contributed by atoms with van der Waals surface area (Å²) in [6.45, 7) is 32.0. The van der Waals surface area contributed by atoms with Crippen molar-refractivity contribution < 1.29 is 57.3 Å². The van der Waals surface area contributed by atoms with Gasteiger partial charge in [-0.1, -0.05) is 176 Å². The van der Waals surface area contributed by atoms with Gasteiger partial charge in [0.25, 0.3) is 0 Å². The molecular formula is C93H120N8O12. The molecule has 1 saturated carbocycles. The minimum atomic E-state index is -0.850. The summed E-state index contributed by atoms with van der Waals surface area (Å²) in [6, 6.07) is 23.2. The highest BCUT2D eigenvalue weighted by Crippen LogP contribution is 2.45. The molecule has 0 aromatic heterocycles. The molecule has 1 aliphatic carbocycles. The summed E-state index contributed by atoms with van der Waals surface area (Å²) in [5.41, 5.74) is 24.6. The number of nitrogens with zero attached hydrogens (tertiary/aromatic N) is 1. The number of hydrogen-bond acceptors (Lipinski definition) is 16. The van der Waals surface area contributed by atoms with Crippen molar-refractivity contribution in [3.63, 3.8) is 0 Å². The van der Waals surface area contributed by atoms with Gasteiger partial charge in [0, 0.05) is 65.1 Å². The minimum Gasteiger partial charge on any atom is -0.466 e. The Morgan fingerprint density at radius 3 is 1.60 bits per heavy atom. The number of ether oxygens (including phenoxy) is 4. The SMILES string of the molecule is CCC1CCC(=O)OCCCCCCOC(=O)[C@H](C)CC(=O)Nc2cccc3c2/C(C2=CC=N2)=C(N)\C=C/C/C(c2cc(C(C)(C)C)cc(C(C)(C)C)c2)=C/C=C\C(N)=C(\C(=N)/C=C\C=C(\C)c2cc(C(C)(C)C)cc(C(C)(C)C)c2)c2c(cccc2NC1=O)NC(=O)CCC(=O)OCCCCCCOC(=O)[C@@H]1CC1C(=O)N3. The number of aliphatic imine (C=N–C) groups is 1. The molecule has 20 nitrogen and oxygen atoms in total. The zero-order valence-electron chi connectivity index (χ0n) is 69.2. The Kier molecular flexibility index (Phi) is 31.0. The van der Waals surface area contributed by atoms with E-state index in [0.29, 0.717) is 74.6 Å². The number of anilines is 4. The lowest BCUT2D eigenvalue weighted by atomic mass is 9.78. The van der Waals surface area contributed by atoms with Gasteiger partial charge in [-0.15, -0.1) is 0 Å². The third-order valence-corrected chi connectivity index (χ3v) is 20.7. The van der Waals surface area contributed by atoms with E-state index < -0.39 is 71.2 Å². The number of carbonyl (C=O) groups is 8. The summed E-state index contributed by atoms with van der Waals surface area (Å²) in [4.78, 5) is 116. The average Bonchev–Trinajstić information content (AvgIpc) is 1.77. The van der Waals surface area contributed by atoms with Crippen molar-refractivity contribution in [1.82, 2.24) is 0 Å². The zero-order valence-corrected chi connectivity index (χ0v) is 69.2. The van der Waals surface area contributed by atoms with Crippen LogP contribution >= 0.6 is 0 Å². The van der Waals surface area contributed by atoms with Crippen molar-refractivity contribution in [2.45, 2.75) is 228 Å². The number of cyclic esters (lactones) is 4. The van der Waals surface area contributed by atoms with E-state index in [-0.39, 0.29) is 144 Å². The van der Waals surface area contributed by atoms with Crippen LogP contribution in [0.15, 0.2) is 150 Å². The van der Waals surface area contributed by atoms with Crippen LogP contribution in [-0.2, 0) is 79.0 Å². The van der Waals surface area contributed by atoms with Crippen molar-refractivity contribution in [2.24, 2.45) is 40.1 Å². The number of carbonyl (C=O) groups excluding carboxylic acids is 8. The number of benzene rings is 4. The maximum Gasteiger partial charge on any atom is 0.309 e. The van der Waals surface area contributed by atoms with Crippen molar-refractivity contribution in [1.29, 1.82) is 5.41 Å². The molecule has 3 heterocycles. The first-order valence-electron chi connectivity index (χ1n) is 40.1. The first-order valence-corrected chi connectivity index (χ1v) is 40.1. The van der Waals surface area contributed by atoms with Crippen LogP contribution in [0, 0.1) is 29.1 Å². The lowest BCUT2D eigenvalue weighted by Crippen LogP contribution is -2.25. The molecule has 8 rings (SSSR count). The second-order valence-corrected chi connectivity index (χ2v) is 34.2. The lowest BCUT2D eigenvalue weighted by molar-refractivity contribution is -0.149. The summed E-state index contributed by atoms with van der Waals surface area (Å²) >= 11 is 0. The van der Waals surface area contributed by atoms with Gasteiger partial charge in [0.05, 0.1) is 84.8 Å². The smallest absolute Gasteiger partial charge is 0.309 e. The molecule has 0 spiro atoms. The van der Waals surface area contributed by atoms with Crippen LogP contribution in [0.4, 0.5) is 22.7 Å². The van der Waals surface area contributed by atoms with E-state index in [9.17, 15) is 43.8 Å². The second kappa shape index (κ2) is 39.8. The summed E-state index contributed by atoms with van der Waals surface area (Å²) in [7, 11) is 0. The molecule has 604 valence electrons. The minimum absolute atomic E-state index is 0.0559. The number of fused-ring (bicyclic) bond motifs is 6. The number of nitrogens with two attached hydrogens (primary N) is 2. The van der Waals surface area contributed by atoms with Crippen molar-refractivity contribution in [3.05, 3.63) is 189 Å². The molecule has 4 aromatic rings. The summed E-state index contributed by atoms with van der Waals surface area (Å²) in [5.74, 6) is -7.04. The normalized spacial score (nSPS) is 22.9. The molecule has 3 aliphatic heterocycles. The molecule has 4 atom stereocenters. The highest BCUT2D eigenvalue weighted by molar-refractivity contribution is 6.31. The number of allylic oxidation sites excluding steroid dienone is 13. The highest BCUT2D eigenvalue weighted by Gasteiger charge is 2.49. The largest absolute Gasteiger partial charge is 0.466 e. The van der Waals surface area contributed by atoms with Gasteiger partial charge in [-0.2, -0.15) is 0 Å². The number of rotatable bonds is 7. The molecule has 4 aliphatic rings. The van der Waals surface area contributed by atoms with Gasteiger partial charge >= 0.3 is 23.9 Å². The fraction of sp³-hybridized carbons (Fsp3) is 0.462. The van der Waals surface area contributed by atoms with E-state index in [4.69, 9.17) is 30.4 Å². The predicted molar refractivity (Wildman–Crippen MR) is 454 cm³/mol. The molecule has 113 heavy (non-hydrogen) atoms. The van der Waals surface area contributed by atoms with Gasteiger partial charge in [0.15, 0.2) is 0 Å². The van der Waals surface area contributed by atoms with Crippen molar-refractivity contribution >= 4 is 104 Å². The van der Waals surface area contributed by atoms with Crippen LogP contribution in [0.25, 0.3) is 22.3 Å². The Balaban J connectivity index is 1.37. The van der Waals surface area contributed by atoms with E-state index in [0.717, 1.165) is 33.4 Å². The number of nitrogens with one attached hydrogen (secondary N) is 5. The lowest BCUT2D eigenvalue weighted by Gasteiger charge is -2.26. The van der Waals surface area contributed by atoms with Gasteiger partial charge in [-0.3, -0.25) is 43.3 Å². The Hall–Kier alpha value is -10.5. The summed E-state index contributed by atoms with van der Waals surface area (Å²) < 4.78 is 22.6. The summed E-state index contributed by atoms with van der Waals surface area (Å²) in [5, 5.41) is 22.5. The second-order valence-electron chi connectivity index (χ2n) is 34.2. The number of hydrogen-bond donors (Lipinski definition) is 7. The van der Waals surface area contributed by atoms with Crippen LogP contribution < -0.4 is 32.7 Å². The average molecular weight is 1540 g/mol. The number of esters is 4. The molecule has 20 heteroatoms. The van der Waals surface area contributed by atoms with Crippen LogP contribution in [-0.4, -0.2) is 85.9 Å². The third-order valence-electron chi connectivity index (χ3n) is 20.7. The Morgan fingerprint density at radius 2 is 1.06 bits per heavy atom. The molecule has 1 fully saturated rings. The number of amides is 4.